The second-order valence-corrected chi connectivity index (χ2v) is 9.45. The molecule has 0 aliphatic rings. The molecule has 32 heavy (non-hydrogen) atoms. The number of rotatable bonds is 8. The summed E-state index contributed by atoms with van der Waals surface area (Å²) >= 11 is 2.96. The summed E-state index contributed by atoms with van der Waals surface area (Å²) in [6.45, 7) is 3.86. The quantitative estimate of drug-likeness (QED) is 0.356. The Morgan fingerprint density at radius 1 is 1.03 bits per heavy atom. The number of carbonyl (C=O) groups excluding carboxylic acids is 1. The van der Waals surface area contributed by atoms with E-state index in [0.29, 0.717) is 10.9 Å². The summed E-state index contributed by atoms with van der Waals surface area (Å²) in [5, 5.41) is 14.2. The van der Waals surface area contributed by atoms with Gasteiger partial charge in [0.25, 0.3) is 0 Å². The lowest BCUT2D eigenvalue weighted by atomic mass is 10.1. The summed E-state index contributed by atoms with van der Waals surface area (Å²) in [6.07, 6.45) is 0. The third kappa shape index (κ3) is 4.71. The summed E-state index contributed by atoms with van der Waals surface area (Å²) in [7, 11) is 1.64. The fourth-order valence-electron chi connectivity index (χ4n) is 3.31. The van der Waals surface area contributed by atoms with Crippen molar-refractivity contribution < 1.29 is 9.53 Å². The minimum atomic E-state index is -0.366. The van der Waals surface area contributed by atoms with E-state index in [1.165, 1.54) is 11.8 Å². The van der Waals surface area contributed by atoms with Gasteiger partial charge in [-0.3, -0.25) is 9.36 Å². The van der Waals surface area contributed by atoms with Crippen LogP contribution >= 0.6 is 23.1 Å². The average Bonchev–Trinajstić information content (AvgIpc) is 3.49. The van der Waals surface area contributed by atoms with Gasteiger partial charge >= 0.3 is 0 Å². The maximum Gasteiger partial charge on any atom is 0.233 e. The van der Waals surface area contributed by atoms with Gasteiger partial charge in [-0.25, -0.2) is 0 Å². The molecule has 0 spiro atoms. The molecule has 4 rings (SSSR count). The largest absolute Gasteiger partial charge is 0.495 e. The second kappa shape index (κ2) is 10.0. The molecule has 6 nitrogen and oxygen atoms in total. The van der Waals surface area contributed by atoms with Gasteiger partial charge in [0.15, 0.2) is 11.0 Å². The van der Waals surface area contributed by atoms with Crippen molar-refractivity contribution in [3.05, 3.63) is 77.7 Å². The molecular formula is C24H24N4O2S2. The second-order valence-electron chi connectivity index (χ2n) is 7.19. The highest BCUT2D eigenvalue weighted by atomic mass is 32.2. The molecular weight excluding hydrogens is 440 g/mol. The summed E-state index contributed by atoms with van der Waals surface area (Å²) in [4.78, 5) is 13.9. The van der Waals surface area contributed by atoms with E-state index in [1.54, 1.807) is 18.4 Å². The average molecular weight is 465 g/mol. The number of nitrogens with one attached hydrogen (secondary N) is 1. The van der Waals surface area contributed by atoms with Crippen LogP contribution in [0.5, 0.6) is 5.75 Å². The molecule has 0 bridgehead atoms. The predicted molar refractivity (Wildman–Crippen MR) is 130 cm³/mol. The Kier molecular flexibility index (Phi) is 6.92. The monoisotopic (exact) mass is 464 g/mol. The van der Waals surface area contributed by atoms with E-state index >= 15 is 0 Å². The zero-order valence-electron chi connectivity index (χ0n) is 18.1. The number of amides is 1. The molecule has 0 aliphatic carbocycles. The number of benzene rings is 2. The van der Waals surface area contributed by atoms with Gasteiger partial charge in [-0.1, -0.05) is 60.3 Å². The predicted octanol–water partition coefficient (Wildman–Crippen LogP) is 5.36. The number of ether oxygens (including phenoxy) is 1. The van der Waals surface area contributed by atoms with E-state index in [2.05, 4.69) is 15.5 Å². The first-order chi connectivity index (χ1) is 15.6. The molecule has 2 unspecified atom stereocenters. The summed E-state index contributed by atoms with van der Waals surface area (Å²) in [6, 6.07) is 21.6. The van der Waals surface area contributed by atoms with Crippen LogP contribution < -0.4 is 10.1 Å². The Labute approximate surface area is 195 Å². The topological polar surface area (TPSA) is 69.0 Å². The van der Waals surface area contributed by atoms with E-state index in [-0.39, 0.29) is 17.2 Å². The number of aromatic nitrogens is 3. The number of methoxy groups -OCH3 is 1. The van der Waals surface area contributed by atoms with Crippen molar-refractivity contribution in [2.45, 2.75) is 30.3 Å². The normalized spacial score (nSPS) is 12.8. The molecule has 2 aromatic heterocycles. The van der Waals surface area contributed by atoms with Gasteiger partial charge in [-0.2, -0.15) is 0 Å². The first-order valence-corrected chi connectivity index (χ1v) is 12.0. The summed E-state index contributed by atoms with van der Waals surface area (Å²) in [5.74, 6) is 1.37. The number of hydrogen-bond donors (Lipinski definition) is 1. The Morgan fingerprint density at radius 2 is 1.78 bits per heavy atom. The number of hydrogen-bond acceptors (Lipinski definition) is 6. The highest BCUT2D eigenvalue weighted by Gasteiger charge is 2.24. The van der Waals surface area contributed by atoms with Gasteiger partial charge in [0, 0.05) is 0 Å². The molecule has 0 fully saturated rings. The highest BCUT2D eigenvalue weighted by Crippen LogP contribution is 2.35. The maximum atomic E-state index is 12.9. The van der Waals surface area contributed by atoms with Crippen LogP contribution in [0, 0.1) is 0 Å². The fraction of sp³-hybridized carbons (Fsp3) is 0.208. The zero-order chi connectivity index (χ0) is 22.5. The van der Waals surface area contributed by atoms with Gasteiger partial charge in [-0.05, 0) is 43.0 Å². The third-order valence-corrected chi connectivity index (χ3v) is 6.92. The third-order valence-electron chi connectivity index (χ3n) is 5.01. The SMILES string of the molecule is COc1ccccc1-n1c(SC(C)C(=O)NC(C)c2ccccc2)nnc1-c1cccs1. The number of carbonyl (C=O) groups is 1. The van der Waals surface area contributed by atoms with Crippen molar-refractivity contribution in [3.63, 3.8) is 0 Å². The van der Waals surface area contributed by atoms with Gasteiger partial charge in [0.05, 0.1) is 29.0 Å². The van der Waals surface area contributed by atoms with E-state index < -0.39 is 0 Å². The van der Waals surface area contributed by atoms with Crippen molar-refractivity contribution in [2.75, 3.05) is 7.11 Å². The van der Waals surface area contributed by atoms with Gasteiger partial charge in [0.1, 0.15) is 5.75 Å². The van der Waals surface area contributed by atoms with Crippen LogP contribution in [0.3, 0.4) is 0 Å². The fourth-order valence-corrected chi connectivity index (χ4v) is 4.88. The Hall–Kier alpha value is -3.10. The van der Waals surface area contributed by atoms with E-state index in [0.717, 1.165) is 22.0 Å². The highest BCUT2D eigenvalue weighted by molar-refractivity contribution is 8.00. The lowest BCUT2D eigenvalue weighted by Crippen LogP contribution is -2.33. The smallest absolute Gasteiger partial charge is 0.233 e. The van der Waals surface area contributed by atoms with Crippen molar-refractivity contribution in [2.24, 2.45) is 0 Å². The molecule has 164 valence electrons. The number of thioether (sulfide) groups is 1. The van der Waals surface area contributed by atoms with Crippen LogP contribution in [0.2, 0.25) is 0 Å². The van der Waals surface area contributed by atoms with E-state index in [9.17, 15) is 4.79 Å². The number of para-hydroxylation sites is 2. The van der Waals surface area contributed by atoms with Crippen molar-refractivity contribution in [1.29, 1.82) is 0 Å². The lowest BCUT2D eigenvalue weighted by molar-refractivity contribution is -0.120. The van der Waals surface area contributed by atoms with Crippen LogP contribution in [0.4, 0.5) is 0 Å². The minimum absolute atomic E-state index is 0.0568. The van der Waals surface area contributed by atoms with Gasteiger partial charge in [-0.15, -0.1) is 21.5 Å². The molecule has 8 heteroatoms. The molecule has 4 aromatic rings. The van der Waals surface area contributed by atoms with Crippen molar-refractivity contribution >= 4 is 29.0 Å². The van der Waals surface area contributed by atoms with Crippen molar-refractivity contribution in [1.82, 2.24) is 20.1 Å². The molecule has 2 aromatic carbocycles. The Bertz CT molecular complexity index is 1180. The maximum absolute atomic E-state index is 12.9. The van der Waals surface area contributed by atoms with E-state index in [4.69, 9.17) is 4.74 Å². The molecule has 1 N–H and O–H groups in total. The van der Waals surface area contributed by atoms with Gasteiger partial charge in [0.2, 0.25) is 5.91 Å². The number of nitrogens with zero attached hydrogens (tertiary/aromatic N) is 3. The number of thiophene rings is 1. The Balaban J connectivity index is 1.62. The molecule has 2 atom stereocenters. The zero-order valence-corrected chi connectivity index (χ0v) is 19.7. The van der Waals surface area contributed by atoms with Crippen LogP contribution in [-0.2, 0) is 4.79 Å². The molecule has 0 saturated heterocycles. The first-order valence-electron chi connectivity index (χ1n) is 10.2. The van der Waals surface area contributed by atoms with Crippen LogP contribution in [-0.4, -0.2) is 33.0 Å². The molecule has 1 amide bonds. The lowest BCUT2D eigenvalue weighted by Gasteiger charge is -2.18. The molecule has 0 aliphatic heterocycles. The summed E-state index contributed by atoms with van der Waals surface area (Å²) in [5.41, 5.74) is 1.89. The van der Waals surface area contributed by atoms with Gasteiger partial charge < -0.3 is 10.1 Å². The molecule has 0 radical (unpaired) electrons. The molecule has 0 saturated carbocycles. The van der Waals surface area contributed by atoms with Crippen molar-refractivity contribution in [3.8, 4) is 22.1 Å². The van der Waals surface area contributed by atoms with Crippen LogP contribution in [0.15, 0.2) is 77.3 Å². The summed E-state index contributed by atoms with van der Waals surface area (Å²) < 4.78 is 7.55. The van der Waals surface area contributed by atoms with Crippen LogP contribution in [0.25, 0.3) is 16.4 Å². The first kappa shape index (κ1) is 22.1. The van der Waals surface area contributed by atoms with E-state index in [1.807, 2.05) is 90.5 Å². The standard InChI is InChI=1S/C24H24N4O2S2/c1-16(18-10-5-4-6-11-18)25-23(29)17(2)32-24-27-26-22(21-14-9-15-31-21)28(24)19-12-7-8-13-20(19)30-3/h4-17H,1-3H3,(H,25,29). The minimum Gasteiger partial charge on any atom is -0.495 e. The van der Waals surface area contributed by atoms with Crippen LogP contribution in [0.1, 0.15) is 25.5 Å². The molecule has 2 heterocycles. The Morgan fingerprint density at radius 3 is 2.50 bits per heavy atom.